The molecule has 0 saturated carbocycles. The summed E-state index contributed by atoms with van der Waals surface area (Å²) in [5, 5.41) is 11.1. The molecule has 3 heteroatoms. The largest absolute Gasteiger partial charge is 0.612 e. The maximum absolute atomic E-state index is 11.1. The Morgan fingerprint density at radius 1 is 0.765 bits per heavy atom. The van der Waals surface area contributed by atoms with Crippen LogP contribution in [0.2, 0.25) is 0 Å². The highest BCUT2D eigenvalue weighted by Crippen LogP contribution is 2.11. The van der Waals surface area contributed by atoms with Crippen LogP contribution in [0.15, 0.2) is 0 Å². The van der Waals surface area contributed by atoms with Gasteiger partial charge in [-0.05, 0) is 12.8 Å². The molecule has 0 rings (SSSR count). The maximum atomic E-state index is 11.1. The number of nitrogens with zero attached hydrogens (tertiary/aromatic N) is 1. The van der Waals surface area contributed by atoms with E-state index in [4.69, 9.17) is 5.84 Å². The average Bonchev–Trinajstić information content (AvgIpc) is 2.24. The summed E-state index contributed by atoms with van der Waals surface area (Å²) in [6.07, 6.45) is 14.4. The summed E-state index contributed by atoms with van der Waals surface area (Å²) in [4.78, 5) is 0. The highest BCUT2D eigenvalue weighted by Gasteiger charge is 2.01. The number of nitrogens with two attached hydrogens (primary N) is 1. The van der Waals surface area contributed by atoms with Gasteiger partial charge in [-0.15, -0.1) is 0 Å². The van der Waals surface area contributed by atoms with Gasteiger partial charge in [-0.1, -0.05) is 64.7 Å². The normalized spacial score (nSPS) is 14.8. The molecule has 0 aromatic rings. The van der Waals surface area contributed by atoms with Crippen molar-refractivity contribution in [3.8, 4) is 0 Å². The van der Waals surface area contributed by atoms with Gasteiger partial charge in [-0.25, -0.2) is 0 Å². The quantitative estimate of drug-likeness (QED) is 0.243. The minimum absolute atomic E-state index is 0.553. The van der Waals surface area contributed by atoms with E-state index >= 15 is 0 Å². The molecule has 0 aliphatic rings. The van der Waals surface area contributed by atoms with Crippen LogP contribution in [0, 0.1) is 5.21 Å². The van der Waals surface area contributed by atoms with E-state index in [1.807, 2.05) is 0 Å². The van der Waals surface area contributed by atoms with Gasteiger partial charge in [0.25, 0.3) is 0 Å². The summed E-state index contributed by atoms with van der Waals surface area (Å²) in [7, 11) is 1.51. The lowest BCUT2D eigenvalue weighted by molar-refractivity contribution is -0.873. The molecule has 3 nitrogen and oxygen atoms in total. The summed E-state index contributed by atoms with van der Waals surface area (Å²) in [6.45, 7) is 2.81. The molecule has 104 valence electrons. The third kappa shape index (κ3) is 15.9. The molecule has 17 heavy (non-hydrogen) atoms. The van der Waals surface area contributed by atoms with Crippen molar-refractivity contribution >= 4 is 0 Å². The van der Waals surface area contributed by atoms with Crippen LogP contribution in [0.1, 0.15) is 77.6 Å². The van der Waals surface area contributed by atoms with Crippen molar-refractivity contribution in [2.24, 2.45) is 5.84 Å². The topological polar surface area (TPSA) is 49.1 Å². The molecule has 0 aliphatic carbocycles. The Bertz CT molecular complexity index is 155. The van der Waals surface area contributed by atoms with Crippen LogP contribution >= 0.6 is 0 Å². The summed E-state index contributed by atoms with van der Waals surface area (Å²) < 4.78 is -0.628. The molecule has 1 unspecified atom stereocenters. The second-order valence-electron chi connectivity index (χ2n) is 5.43. The van der Waals surface area contributed by atoms with Crippen molar-refractivity contribution in [1.82, 2.24) is 0 Å². The fourth-order valence-electron chi connectivity index (χ4n) is 2.09. The Morgan fingerprint density at radius 2 is 1.12 bits per heavy atom. The third-order valence-electron chi connectivity index (χ3n) is 3.21. The average molecular weight is 244 g/mol. The van der Waals surface area contributed by atoms with E-state index in [0.29, 0.717) is 6.54 Å². The SMILES string of the molecule is CCCCCCCCCCCCC[N+](C)(N)[O-]. The van der Waals surface area contributed by atoms with Crippen molar-refractivity contribution in [2.75, 3.05) is 13.6 Å². The van der Waals surface area contributed by atoms with E-state index in [2.05, 4.69) is 6.92 Å². The molecule has 0 aliphatic heterocycles. The van der Waals surface area contributed by atoms with Gasteiger partial charge in [-0.2, -0.15) is 5.84 Å². The van der Waals surface area contributed by atoms with Crippen LogP contribution in [0.3, 0.4) is 0 Å². The summed E-state index contributed by atoms with van der Waals surface area (Å²) in [6, 6.07) is 0. The third-order valence-corrected chi connectivity index (χ3v) is 3.21. The highest BCUT2D eigenvalue weighted by atomic mass is 16.6. The van der Waals surface area contributed by atoms with Gasteiger partial charge >= 0.3 is 0 Å². The van der Waals surface area contributed by atoms with E-state index in [-0.39, 0.29) is 0 Å². The second kappa shape index (κ2) is 11.0. The second-order valence-corrected chi connectivity index (χ2v) is 5.43. The molecule has 0 aromatic heterocycles. The number of unbranched alkanes of at least 4 members (excludes halogenated alkanes) is 10. The van der Waals surface area contributed by atoms with Gasteiger partial charge in [0, 0.05) is 0 Å². The van der Waals surface area contributed by atoms with Crippen molar-refractivity contribution in [3.63, 3.8) is 0 Å². The van der Waals surface area contributed by atoms with Crippen molar-refractivity contribution in [1.29, 1.82) is 0 Å². The minimum atomic E-state index is -0.628. The van der Waals surface area contributed by atoms with E-state index in [1.54, 1.807) is 0 Å². The van der Waals surface area contributed by atoms with E-state index < -0.39 is 4.76 Å². The number of hydrogen-bond acceptors (Lipinski definition) is 2. The molecular formula is C14H32N2O. The predicted molar refractivity (Wildman–Crippen MR) is 75.1 cm³/mol. The minimum Gasteiger partial charge on any atom is -0.612 e. The van der Waals surface area contributed by atoms with E-state index in [9.17, 15) is 5.21 Å². The van der Waals surface area contributed by atoms with E-state index in [0.717, 1.165) is 12.8 Å². The monoisotopic (exact) mass is 244 g/mol. The first-order valence-corrected chi connectivity index (χ1v) is 7.41. The lowest BCUT2D eigenvalue weighted by atomic mass is 10.1. The molecule has 0 aromatic carbocycles. The maximum Gasteiger partial charge on any atom is 0.0956 e. The molecule has 1 atom stereocenters. The Balaban J connectivity index is 2.99. The van der Waals surface area contributed by atoms with Crippen molar-refractivity contribution in [2.45, 2.75) is 77.6 Å². The molecule has 0 amide bonds. The zero-order valence-corrected chi connectivity index (χ0v) is 11.9. The number of quaternary nitrogens is 1. The van der Waals surface area contributed by atoms with Crippen LogP contribution in [0.25, 0.3) is 0 Å². The van der Waals surface area contributed by atoms with Crippen molar-refractivity contribution in [3.05, 3.63) is 5.21 Å². The predicted octanol–water partition coefficient (Wildman–Crippen LogP) is 4.12. The fourth-order valence-corrected chi connectivity index (χ4v) is 2.09. The van der Waals surface area contributed by atoms with Gasteiger partial charge < -0.3 is 5.21 Å². The lowest BCUT2D eigenvalue weighted by Crippen LogP contribution is -2.45. The highest BCUT2D eigenvalue weighted by molar-refractivity contribution is 4.48. The van der Waals surface area contributed by atoms with Gasteiger partial charge in [0.1, 0.15) is 0 Å². The van der Waals surface area contributed by atoms with Crippen LogP contribution in [-0.2, 0) is 0 Å². The summed E-state index contributed by atoms with van der Waals surface area (Å²) in [5.74, 6) is 5.34. The van der Waals surface area contributed by atoms with Crippen LogP contribution in [-0.4, -0.2) is 18.3 Å². The number of rotatable bonds is 12. The zero-order chi connectivity index (χ0) is 13.0. The molecule has 0 saturated heterocycles. The Kier molecular flexibility index (Phi) is 10.9. The summed E-state index contributed by atoms with van der Waals surface area (Å²) >= 11 is 0. The van der Waals surface area contributed by atoms with Crippen molar-refractivity contribution < 1.29 is 4.76 Å². The molecule has 0 bridgehead atoms. The first kappa shape index (κ1) is 16.9. The van der Waals surface area contributed by atoms with E-state index in [1.165, 1.54) is 64.8 Å². The number of hydrogen-bond donors (Lipinski definition) is 1. The van der Waals surface area contributed by atoms with Crippen LogP contribution < -0.4 is 5.84 Å². The Morgan fingerprint density at radius 3 is 1.47 bits per heavy atom. The van der Waals surface area contributed by atoms with Crippen LogP contribution in [0.4, 0.5) is 0 Å². The summed E-state index contributed by atoms with van der Waals surface area (Å²) in [5.41, 5.74) is 0. The van der Waals surface area contributed by atoms with Gasteiger partial charge in [0.15, 0.2) is 0 Å². The first-order valence-electron chi connectivity index (χ1n) is 7.41. The molecule has 0 spiro atoms. The molecule has 2 N–H and O–H groups in total. The van der Waals surface area contributed by atoms with Gasteiger partial charge in [0.05, 0.1) is 13.6 Å². The zero-order valence-electron chi connectivity index (χ0n) is 11.9. The fraction of sp³-hybridized carbons (Fsp3) is 1.00. The Labute approximate surface area is 108 Å². The first-order chi connectivity index (χ1) is 8.06. The standard InChI is InChI=1S/C14H32N2O/c1-3-4-5-6-7-8-9-10-11-12-13-14-16(2,15)17/h3-15H2,1-2H3. The smallest absolute Gasteiger partial charge is 0.0956 e. The molecule has 0 fully saturated rings. The lowest BCUT2D eigenvalue weighted by Gasteiger charge is -2.31. The molecule has 0 radical (unpaired) electrons. The number of hydroxylamine groups is 2. The van der Waals surface area contributed by atoms with Gasteiger partial charge in [-0.3, -0.25) is 4.76 Å². The molecule has 0 heterocycles. The molecular weight excluding hydrogens is 212 g/mol. The van der Waals surface area contributed by atoms with Gasteiger partial charge in [0.2, 0.25) is 0 Å². The van der Waals surface area contributed by atoms with Crippen LogP contribution in [0.5, 0.6) is 0 Å². The Hall–Kier alpha value is -0.120.